The third kappa shape index (κ3) is 3.89. The van der Waals surface area contributed by atoms with Crippen molar-refractivity contribution in [3.05, 3.63) is 66.3 Å². The van der Waals surface area contributed by atoms with Crippen LogP contribution in [0.3, 0.4) is 0 Å². The molecule has 0 unspecified atom stereocenters. The molecule has 0 bridgehead atoms. The quantitative estimate of drug-likeness (QED) is 0.283. The van der Waals surface area contributed by atoms with Gasteiger partial charge < -0.3 is 0 Å². The van der Waals surface area contributed by atoms with E-state index in [1.54, 1.807) is 36.4 Å². The molecule has 1 aromatic rings. The van der Waals surface area contributed by atoms with Crippen LogP contribution in [0.25, 0.3) is 0 Å². The van der Waals surface area contributed by atoms with Gasteiger partial charge in [-0.05, 0) is 24.3 Å². The average Bonchev–Trinajstić information content (AvgIpc) is 2.35. The number of hydrogen-bond donors (Lipinski definition) is 1. The molecular weight excluding hydrogens is 232 g/mol. The molecule has 0 saturated carbocycles. The molecule has 0 radical (unpaired) electrons. The summed E-state index contributed by atoms with van der Waals surface area (Å²) in [6.45, 7) is 3.51. The molecule has 0 spiro atoms. The molecule has 86 valence electrons. The third-order valence-electron chi connectivity index (χ3n) is 2.04. The molecule has 17 heavy (non-hydrogen) atoms. The van der Waals surface area contributed by atoms with Crippen LogP contribution in [0.2, 0.25) is 0 Å². The van der Waals surface area contributed by atoms with Crippen LogP contribution in [0, 0.1) is 0 Å². The summed E-state index contributed by atoms with van der Waals surface area (Å²) in [6, 6.07) is 4.80. The number of carbonyl (C=O) groups excluding carboxylic acids is 2. The highest BCUT2D eigenvalue weighted by atomic mass is 32.1. The van der Waals surface area contributed by atoms with Crippen LogP contribution in [-0.4, -0.2) is 12.1 Å². The zero-order valence-corrected chi connectivity index (χ0v) is 10.1. The van der Waals surface area contributed by atoms with Gasteiger partial charge in [-0.2, -0.15) is 0 Å². The van der Waals surface area contributed by atoms with E-state index in [-0.39, 0.29) is 5.78 Å². The molecule has 3 heteroatoms. The number of ketones is 1. The minimum Gasteiger partial charge on any atom is -0.298 e. The first-order valence-electron chi connectivity index (χ1n) is 4.97. The normalized spacial score (nSPS) is 10.9. The van der Waals surface area contributed by atoms with Gasteiger partial charge in [0, 0.05) is 16.0 Å². The van der Waals surface area contributed by atoms with Crippen molar-refractivity contribution in [1.82, 2.24) is 0 Å². The lowest BCUT2D eigenvalue weighted by Gasteiger charge is -1.99. The largest absolute Gasteiger partial charge is 0.298 e. The second kappa shape index (κ2) is 6.66. The Labute approximate surface area is 106 Å². The summed E-state index contributed by atoms with van der Waals surface area (Å²) < 4.78 is 0. The monoisotopic (exact) mass is 244 g/mol. The van der Waals surface area contributed by atoms with Gasteiger partial charge in [-0.15, -0.1) is 12.6 Å². The Kier molecular flexibility index (Phi) is 5.17. The summed E-state index contributed by atoms with van der Waals surface area (Å²) in [5.41, 5.74) is 0.877. The maximum atomic E-state index is 11.7. The van der Waals surface area contributed by atoms with Gasteiger partial charge in [0.05, 0.1) is 0 Å². The summed E-state index contributed by atoms with van der Waals surface area (Å²) >= 11 is 4.11. The molecular formula is C14H12O2S. The summed E-state index contributed by atoms with van der Waals surface area (Å²) in [5.74, 6) is -0.157. The standard InChI is InChI=1S/C14H12O2S/c1-2-3-4-5-6-13(16)11-7-8-14(17)12(9-11)10-15/h2-10,17H,1H2/b4-3+,6-5+. The minimum atomic E-state index is -0.157. The van der Waals surface area contributed by atoms with Crippen molar-refractivity contribution < 1.29 is 9.59 Å². The van der Waals surface area contributed by atoms with Crippen molar-refractivity contribution in [3.63, 3.8) is 0 Å². The van der Waals surface area contributed by atoms with Crippen LogP contribution >= 0.6 is 12.6 Å². The smallest absolute Gasteiger partial charge is 0.185 e. The molecule has 0 aliphatic rings. The number of hydrogen-bond acceptors (Lipinski definition) is 3. The van der Waals surface area contributed by atoms with Crippen molar-refractivity contribution in [2.45, 2.75) is 4.90 Å². The van der Waals surface area contributed by atoms with Gasteiger partial charge in [0.2, 0.25) is 0 Å². The second-order valence-electron chi connectivity index (χ2n) is 3.24. The van der Waals surface area contributed by atoms with Gasteiger partial charge in [0.15, 0.2) is 12.1 Å². The molecule has 1 rings (SSSR count). The Hall–Kier alpha value is -1.87. The Morgan fingerprint density at radius 3 is 2.65 bits per heavy atom. The van der Waals surface area contributed by atoms with E-state index in [2.05, 4.69) is 19.2 Å². The summed E-state index contributed by atoms with van der Waals surface area (Å²) in [4.78, 5) is 23.0. The van der Waals surface area contributed by atoms with Gasteiger partial charge in [0.25, 0.3) is 0 Å². The number of allylic oxidation sites excluding steroid dienone is 5. The second-order valence-corrected chi connectivity index (χ2v) is 3.72. The highest BCUT2D eigenvalue weighted by Crippen LogP contribution is 2.14. The van der Waals surface area contributed by atoms with Crippen LogP contribution < -0.4 is 0 Å². The minimum absolute atomic E-state index is 0.157. The zero-order valence-electron chi connectivity index (χ0n) is 9.17. The maximum Gasteiger partial charge on any atom is 0.185 e. The first-order chi connectivity index (χ1) is 8.19. The third-order valence-corrected chi connectivity index (χ3v) is 2.45. The fourth-order valence-corrected chi connectivity index (χ4v) is 1.38. The predicted molar refractivity (Wildman–Crippen MR) is 71.9 cm³/mol. The lowest BCUT2D eigenvalue weighted by atomic mass is 10.1. The number of thiol groups is 1. The molecule has 2 nitrogen and oxygen atoms in total. The van der Waals surface area contributed by atoms with Gasteiger partial charge in [-0.25, -0.2) is 0 Å². The molecule has 1 aromatic carbocycles. The van der Waals surface area contributed by atoms with Crippen molar-refractivity contribution >= 4 is 24.7 Å². The van der Waals surface area contributed by atoms with Gasteiger partial charge in [0.1, 0.15) is 0 Å². The Morgan fingerprint density at radius 1 is 1.24 bits per heavy atom. The fraction of sp³-hybridized carbons (Fsp3) is 0. The van der Waals surface area contributed by atoms with Crippen molar-refractivity contribution in [2.75, 3.05) is 0 Å². The van der Waals surface area contributed by atoms with Crippen LogP contribution in [-0.2, 0) is 0 Å². The molecule has 0 fully saturated rings. The van der Waals surface area contributed by atoms with E-state index in [4.69, 9.17) is 0 Å². The van der Waals surface area contributed by atoms with E-state index in [0.29, 0.717) is 22.3 Å². The SMILES string of the molecule is C=C/C=C/C=C/C(=O)c1ccc(S)c(C=O)c1. The summed E-state index contributed by atoms with van der Waals surface area (Å²) in [7, 11) is 0. The Balaban J connectivity index is 2.89. The van der Waals surface area contributed by atoms with Crippen LogP contribution in [0.5, 0.6) is 0 Å². The molecule has 0 saturated heterocycles. The van der Waals surface area contributed by atoms with Gasteiger partial charge in [-0.3, -0.25) is 9.59 Å². The predicted octanol–water partition coefficient (Wildman–Crippen LogP) is 3.27. The van der Waals surface area contributed by atoms with Crippen LogP contribution in [0.4, 0.5) is 0 Å². The molecule has 0 aliphatic carbocycles. The van der Waals surface area contributed by atoms with Crippen LogP contribution in [0.1, 0.15) is 20.7 Å². The number of benzene rings is 1. The Morgan fingerprint density at radius 2 is 2.00 bits per heavy atom. The zero-order chi connectivity index (χ0) is 12.7. The molecule has 0 atom stereocenters. The van der Waals surface area contributed by atoms with Crippen molar-refractivity contribution in [1.29, 1.82) is 0 Å². The van der Waals surface area contributed by atoms with E-state index >= 15 is 0 Å². The van der Waals surface area contributed by atoms with Gasteiger partial charge in [-0.1, -0.05) is 30.9 Å². The van der Waals surface area contributed by atoms with Crippen LogP contribution in [0.15, 0.2) is 60.1 Å². The molecule has 0 heterocycles. The van der Waals surface area contributed by atoms with E-state index in [0.717, 1.165) is 0 Å². The van der Waals surface area contributed by atoms with Crippen molar-refractivity contribution in [3.8, 4) is 0 Å². The lowest BCUT2D eigenvalue weighted by molar-refractivity contribution is 0.104. The van der Waals surface area contributed by atoms with E-state index in [9.17, 15) is 9.59 Å². The number of carbonyl (C=O) groups is 2. The van der Waals surface area contributed by atoms with Crippen molar-refractivity contribution in [2.24, 2.45) is 0 Å². The van der Waals surface area contributed by atoms with Gasteiger partial charge >= 0.3 is 0 Å². The average molecular weight is 244 g/mol. The Bertz CT molecular complexity index is 499. The molecule has 0 amide bonds. The number of rotatable bonds is 5. The number of aldehydes is 1. The first kappa shape index (κ1) is 13.2. The van der Waals surface area contributed by atoms with E-state index in [1.165, 1.54) is 12.1 Å². The summed E-state index contributed by atoms with van der Waals surface area (Å²) in [6.07, 6.45) is 8.78. The fourth-order valence-electron chi connectivity index (χ4n) is 1.18. The highest BCUT2D eigenvalue weighted by molar-refractivity contribution is 7.80. The molecule has 0 N–H and O–H groups in total. The molecule has 0 aromatic heterocycles. The topological polar surface area (TPSA) is 34.1 Å². The van der Waals surface area contributed by atoms with E-state index < -0.39 is 0 Å². The summed E-state index contributed by atoms with van der Waals surface area (Å²) in [5, 5.41) is 0. The van der Waals surface area contributed by atoms with E-state index in [1.807, 2.05) is 0 Å². The lowest BCUT2D eigenvalue weighted by Crippen LogP contribution is -1.96. The first-order valence-corrected chi connectivity index (χ1v) is 5.42. The highest BCUT2D eigenvalue weighted by Gasteiger charge is 2.04. The molecule has 0 aliphatic heterocycles. The maximum absolute atomic E-state index is 11.7.